The van der Waals surface area contributed by atoms with Crippen LogP contribution in [-0.2, 0) is 15.8 Å². The normalized spacial score (nSPS) is 21.9. The first kappa shape index (κ1) is 40.0. The molecule has 1 aliphatic carbocycles. The molecule has 2 N–H and O–H groups in total. The maximum absolute atomic E-state index is 15.2. The van der Waals surface area contributed by atoms with Crippen LogP contribution in [0.2, 0.25) is 0 Å². The molecule has 1 saturated carbocycles. The van der Waals surface area contributed by atoms with E-state index in [0.717, 1.165) is 61.2 Å². The Morgan fingerprint density at radius 1 is 0.898 bits per heavy atom. The number of nitrogens with one attached hydrogen (secondary N) is 2. The van der Waals surface area contributed by atoms with Crippen molar-refractivity contribution in [3.63, 3.8) is 0 Å². The molecule has 1 atom stereocenters. The SMILES string of the molecule is COc1cc2nn(C3CCC(N4CCN(C(=O)[C@@H]5CCN(c6cc(F)c(N7CCC(=O)NC7=O)c(F)c6)C5)CC4)CC3)cc2cc1NC(=O)c1cccc(C(F)(F)F)n1. The van der Waals surface area contributed by atoms with Gasteiger partial charge in [-0.25, -0.2) is 18.6 Å². The van der Waals surface area contributed by atoms with E-state index < -0.39 is 47.0 Å². The van der Waals surface area contributed by atoms with E-state index in [1.165, 1.54) is 25.3 Å². The summed E-state index contributed by atoms with van der Waals surface area (Å²) in [5, 5.41) is 10.2. The van der Waals surface area contributed by atoms with Crippen LogP contribution in [0.1, 0.15) is 60.7 Å². The fraction of sp³-hybridized carbons (Fsp3) is 0.450. The number of carbonyl (C=O) groups excluding carboxylic acids is 4. The highest BCUT2D eigenvalue weighted by Crippen LogP contribution is 2.37. The molecule has 5 heterocycles. The molecule has 0 spiro atoms. The number of urea groups is 1. The maximum Gasteiger partial charge on any atom is 0.433 e. The highest BCUT2D eigenvalue weighted by molar-refractivity contribution is 6.06. The molecule has 59 heavy (non-hydrogen) atoms. The Labute approximate surface area is 335 Å². The number of pyridine rings is 1. The third kappa shape index (κ3) is 8.24. The smallest absolute Gasteiger partial charge is 0.433 e. The minimum atomic E-state index is -4.69. The lowest BCUT2D eigenvalue weighted by molar-refractivity contribution is -0.141. The Bertz CT molecular complexity index is 2260. The molecule has 4 aromatic rings. The fourth-order valence-electron chi connectivity index (χ4n) is 8.65. The molecule has 0 unspecified atom stereocenters. The quantitative estimate of drug-likeness (QED) is 0.218. The number of piperazine rings is 1. The van der Waals surface area contributed by atoms with Gasteiger partial charge in [0.15, 0.2) is 11.6 Å². The second-order valence-corrected chi connectivity index (χ2v) is 15.3. The van der Waals surface area contributed by atoms with Crippen molar-refractivity contribution in [3.05, 3.63) is 71.7 Å². The van der Waals surface area contributed by atoms with Gasteiger partial charge in [-0.3, -0.25) is 34.2 Å². The van der Waals surface area contributed by atoms with Crippen LogP contribution < -0.4 is 25.2 Å². The molecule has 19 heteroatoms. The van der Waals surface area contributed by atoms with Crippen molar-refractivity contribution in [3.8, 4) is 5.75 Å². The molecule has 14 nitrogen and oxygen atoms in total. The molecular weight excluding hydrogens is 781 g/mol. The van der Waals surface area contributed by atoms with E-state index in [4.69, 9.17) is 9.84 Å². The number of amides is 5. The van der Waals surface area contributed by atoms with Crippen LogP contribution in [0.5, 0.6) is 5.75 Å². The Kier molecular flexibility index (Phi) is 10.9. The van der Waals surface area contributed by atoms with Gasteiger partial charge in [0.05, 0.1) is 30.3 Å². The number of ether oxygens (including phenoxy) is 1. The summed E-state index contributed by atoms with van der Waals surface area (Å²) in [6.45, 7) is 3.29. The molecule has 2 aromatic carbocycles. The van der Waals surface area contributed by atoms with Crippen molar-refractivity contribution in [1.29, 1.82) is 0 Å². The Hall–Kier alpha value is -5.85. The highest BCUT2D eigenvalue weighted by atomic mass is 19.4. The van der Waals surface area contributed by atoms with Crippen LogP contribution in [-0.4, -0.2) is 107 Å². The van der Waals surface area contributed by atoms with E-state index >= 15 is 8.78 Å². The second kappa shape index (κ2) is 16.1. The number of fused-ring (bicyclic) bond motifs is 1. The predicted octanol–water partition coefficient (Wildman–Crippen LogP) is 5.59. The Morgan fingerprint density at radius 3 is 2.29 bits per heavy atom. The maximum atomic E-state index is 15.2. The summed E-state index contributed by atoms with van der Waals surface area (Å²) in [6, 6.07) is 8.44. The van der Waals surface area contributed by atoms with Crippen molar-refractivity contribution in [1.82, 2.24) is 29.9 Å². The third-order valence-corrected chi connectivity index (χ3v) is 11.8. The summed E-state index contributed by atoms with van der Waals surface area (Å²) < 4.78 is 77.2. The van der Waals surface area contributed by atoms with Crippen LogP contribution in [0.15, 0.2) is 48.7 Å². The lowest BCUT2D eigenvalue weighted by Gasteiger charge is -2.42. The lowest BCUT2D eigenvalue weighted by Crippen LogP contribution is -2.53. The number of carbonyl (C=O) groups is 4. The average molecular weight is 824 g/mol. The van der Waals surface area contributed by atoms with Crippen molar-refractivity contribution < 1.29 is 45.9 Å². The Morgan fingerprint density at radius 2 is 1.61 bits per heavy atom. The molecule has 3 saturated heterocycles. The first-order chi connectivity index (χ1) is 28.2. The van der Waals surface area contributed by atoms with Gasteiger partial charge in [0.25, 0.3) is 5.91 Å². The molecular formula is C40H42F5N9O5. The number of imide groups is 1. The van der Waals surface area contributed by atoms with Gasteiger partial charge in [0.1, 0.15) is 22.8 Å². The number of methoxy groups -OCH3 is 1. The average Bonchev–Trinajstić information content (AvgIpc) is 3.89. The summed E-state index contributed by atoms with van der Waals surface area (Å²) in [7, 11) is 1.43. The van der Waals surface area contributed by atoms with Crippen molar-refractivity contribution in [2.24, 2.45) is 5.92 Å². The first-order valence-electron chi connectivity index (χ1n) is 19.6. The van der Waals surface area contributed by atoms with E-state index in [0.29, 0.717) is 55.6 Å². The van der Waals surface area contributed by atoms with Crippen molar-refractivity contribution in [2.75, 3.05) is 68.0 Å². The summed E-state index contributed by atoms with van der Waals surface area (Å²) >= 11 is 0. The standard InChI is InChI=1S/C40H42F5N9O5/c1-59-33-20-31-24(17-32(33)47-37(56)30-3-2-4-34(46-30)40(43,44)45)22-54(49-31)26-7-5-25(6-8-26)50-13-15-51(16-14-50)38(57)23-9-11-52(21-23)27-18-28(41)36(29(42)19-27)53-12-10-35(55)48-39(53)58/h2-4,17-20,22-23,25-26H,5-16,21H2,1H3,(H,47,56)(H,48,55,58)/t23-,25?,26?/m1/s1. The van der Waals surface area contributed by atoms with Gasteiger partial charge in [0.2, 0.25) is 11.8 Å². The van der Waals surface area contributed by atoms with Crippen LogP contribution in [0.3, 0.4) is 0 Å². The molecule has 8 rings (SSSR count). The zero-order chi connectivity index (χ0) is 41.6. The van der Waals surface area contributed by atoms with Crippen LogP contribution in [0.4, 0.5) is 43.8 Å². The second-order valence-electron chi connectivity index (χ2n) is 15.3. The summed E-state index contributed by atoms with van der Waals surface area (Å²) in [6.07, 6.45) is 1.33. The summed E-state index contributed by atoms with van der Waals surface area (Å²) in [5.41, 5.74) is -0.840. The molecule has 312 valence electrons. The molecule has 5 amide bonds. The fourth-order valence-corrected chi connectivity index (χ4v) is 8.65. The van der Waals surface area contributed by atoms with E-state index in [1.807, 2.05) is 15.8 Å². The van der Waals surface area contributed by atoms with E-state index in [-0.39, 0.29) is 42.2 Å². The number of halogens is 5. The first-order valence-corrected chi connectivity index (χ1v) is 19.6. The van der Waals surface area contributed by atoms with Gasteiger partial charge in [0, 0.05) is 81.6 Å². The highest BCUT2D eigenvalue weighted by Gasteiger charge is 2.37. The summed E-state index contributed by atoms with van der Waals surface area (Å²) in [4.78, 5) is 60.6. The topological polar surface area (TPSA) is 145 Å². The van der Waals surface area contributed by atoms with Crippen molar-refractivity contribution >= 4 is 51.7 Å². The number of hydrogen-bond donors (Lipinski definition) is 2. The van der Waals surface area contributed by atoms with E-state index in [9.17, 15) is 32.3 Å². The zero-order valence-corrected chi connectivity index (χ0v) is 32.1. The van der Waals surface area contributed by atoms with Gasteiger partial charge >= 0.3 is 12.2 Å². The third-order valence-electron chi connectivity index (χ3n) is 11.8. The van der Waals surface area contributed by atoms with Crippen LogP contribution in [0.25, 0.3) is 10.9 Å². The molecule has 4 aliphatic rings. The van der Waals surface area contributed by atoms with Gasteiger partial charge in [-0.1, -0.05) is 6.07 Å². The van der Waals surface area contributed by atoms with Crippen LogP contribution in [0, 0.1) is 17.6 Å². The number of anilines is 3. The van der Waals surface area contributed by atoms with Gasteiger partial charge in [-0.05, 0) is 62.4 Å². The molecule has 0 bridgehead atoms. The minimum Gasteiger partial charge on any atom is -0.494 e. The van der Waals surface area contributed by atoms with Crippen molar-refractivity contribution in [2.45, 2.75) is 56.8 Å². The number of benzene rings is 2. The van der Waals surface area contributed by atoms with Gasteiger partial charge < -0.3 is 19.9 Å². The zero-order valence-electron chi connectivity index (χ0n) is 32.1. The monoisotopic (exact) mass is 823 g/mol. The van der Waals surface area contributed by atoms with E-state index in [2.05, 4.69) is 20.5 Å². The van der Waals surface area contributed by atoms with Gasteiger partial charge in [-0.2, -0.15) is 18.3 Å². The molecule has 2 aromatic heterocycles. The predicted molar refractivity (Wildman–Crippen MR) is 205 cm³/mol. The number of alkyl halides is 3. The lowest BCUT2D eigenvalue weighted by atomic mass is 9.90. The minimum absolute atomic E-state index is 0.0282. The van der Waals surface area contributed by atoms with E-state index in [1.54, 1.807) is 17.0 Å². The number of hydrogen-bond acceptors (Lipinski definition) is 9. The summed E-state index contributed by atoms with van der Waals surface area (Å²) in [5.74, 6) is -3.13. The Balaban J connectivity index is 0.826. The van der Waals surface area contributed by atoms with Gasteiger partial charge in [-0.15, -0.1) is 0 Å². The largest absolute Gasteiger partial charge is 0.494 e. The molecule has 4 fully saturated rings. The molecule has 0 radical (unpaired) electrons. The number of rotatable bonds is 8. The van der Waals surface area contributed by atoms with Crippen LogP contribution >= 0.6 is 0 Å². The number of nitrogens with zero attached hydrogens (tertiary/aromatic N) is 7. The molecule has 3 aliphatic heterocycles. The number of aromatic nitrogens is 3.